The van der Waals surface area contributed by atoms with Crippen LogP contribution in [-0.4, -0.2) is 22.9 Å². The molecule has 0 bridgehead atoms. The highest BCUT2D eigenvalue weighted by Crippen LogP contribution is 2.34. The van der Waals surface area contributed by atoms with Gasteiger partial charge in [-0.15, -0.1) is 0 Å². The van der Waals surface area contributed by atoms with Crippen molar-refractivity contribution in [1.29, 1.82) is 0 Å². The molecule has 1 N–H and O–H groups in total. The van der Waals surface area contributed by atoms with E-state index in [4.69, 9.17) is 4.74 Å². The zero-order valence-electron chi connectivity index (χ0n) is 7.63. The van der Waals surface area contributed by atoms with Crippen molar-refractivity contribution in [1.82, 2.24) is 0 Å². The third kappa shape index (κ3) is 1.57. The summed E-state index contributed by atoms with van der Waals surface area (Å²) in [7, 11) is 0. The first kappa shape index (κ1) is 9.01. The Morgan fingerprint density at radius 1 is 1.55 bits per heavy atom. The topological polar surface area (TPSA) is 29.5 Å². The molecule has 0 radical (unpaired) electrons. The van der Waals surface area contributed by atoms with Gasteiger partial charge in [-0.1, -0.05) is 13.8 Å². The van der Waals surface area contributed by atoms with E-state index in [1.807, 2.05) is 6.92 Å². The van der Waals surface area contributed by atoms with Crippen molar-refractivity contribution in [2.24, 2.45) is 0 Å². The predicted octanol–water partition coefficient (Wildman–Crippen LogP) is 1.71. The van der Waals surface area contributed by atoms with E-state index in [9.17, 15) is 5.11 Å². The first-order chi connectivity index (χ1) is 5.12. The fourth-order valence-electron chi connectivity index (χ4n) is 1.57. The Balaban J connectivity index is 2.57. The first-order valence-electron chi connectivity index (χ1n) is 4.48. The molecule has 0 aliphatic carbocycles. The van der Waals surface area contributed by atoms with Gasteiger partial charge in [0.25, 0.3) is 0 Å². The Bertz CT molecular complexity index is 136. The first-order valence-corrected chi connectivity index (χ1v) is 4.48. The smallest absolute Gasteiger partial charge is 0.0914 e. The quantitative estimate of drug-likeness (QED) is 0.663. The minimum Gasteiger partial charge on any atom is -0.390 e. The van der Waals surface area contributed by atoms with E-state index in [1.54, 1.807) is 0 Å². The van der Waals surface area contributed by atoms with Gasteiger partial charge >= 0.3 is 0 Å². The number of hydrogen-bond acceptors (Lipinski definition) is 2. The minimum atomic E-state index is -0.277. The second kappa shape index (κ2) is 3.11. The van der Waals surface area contributed by atoms with Crippen molar-refractivity contribution in [2.75, 3.05) is 0 Å². The minimum absolute atomic E-state index is 0.266. The molecule has 11 heavy (non-hydrogen) atoms. The standard InChI is InChI=1S/C9H18O2/c1-4-7-6-8(10)9(3,5-2)11-7/h7-8,10H,4-6H2,1-3H3. The molecule has 3 unspecified atom stereocenters. The van der Waals surface area contributed by atoms with Gasteiger partial charge in [0.1, 0.15) is 0 Å². The van der Waals surface area contributed by atoms with Gasteiger partial charge in [-0.25, -0.2) is 0 Å². The molecular weight excluding hydrogens is 140 g/mol. The van der Waals surface area contributed by atoms with Crippen molar-refractivity contribution in [3.8, 4) is 0 Å². The molecule has 0 aromatic carbocycles. The molecule has 2 heteroatoms. The largest absolute Gasteiger partial charge is 0.390 e. The van der Waals surface area contributed by atoms with Crippen LogP contribution in [0.1, 0.15) is 40.0 Å². The van der Waals surface area contributed by atoms with Crippen LogP contribution in [0.15, 0.2) is 0 Å². The zero-order valence-corrected chi connectivity index (χ0v) is 7.63. The summed E-state index contributed by atoms with van der Waals surface area (Å²) in [4.78, 5) is 0. The van der Waals surface area contributed by atoms with Crippen LogP contribution in [0.3, 0.4) is 0 Å². The van der Waals surface area contributed by atoms with Gasteiger partial charge in [0, 0.05) is 6.42 Å². The van der Waals surface area contributed by atoms with Crippen LogP contribution >= 0.6 is 0 Å². The molecular formula is C9H18O2. The summed E-state index contributed by atoms with van der Waals surface area (Å²) in [6, 6.07) is 0. The second-order valence-corrected chi connectivity index (χ2v) is 3.57. The Morgan fingerprint density at radius 2 is 2.18 bits per heavy atom. The van der Waals surface area contributed by atoms with Gasteiger partial charge in [0.15, 0.2) is 0 Å². The molecule has 0 aromatic rings. The molecule has 1 saturated heterocycles. The van der Waals surface area contributed by atoms with Crippen LogP contribution in [0.4, 0.5) is 0 Å². The summed E-state index contributed by atoms with van der Waals surface area (Å²) >= 11 is 0. The maximum absolute atomic E-state index is 9.62. The van der Waals surface area contributed by atoms with Crippen LogP contribution in [0.5, 0.6) is 0 Å². The SMILES string of the molecule is CCC1CC(O)C(C)(CC)O1. The van der Waals surface area contributed by atoms with Gasteiger partial charge in [0.05, 0.1) is 17.8 Å². The Morgan fingerprint density at radius 3 is 2.45 bits per heavy atom. The third-order valence-corrected chi connectivity index (χ3v) is 2.78. The maximum Gasteiger partial charge on any atom is 0.0914 e. The fourth-order valence-corrected chi connectivity index (χ4v) is 1.57. The Kier molecular flexibility index (Phi) is 2.55. The summed E-state index contributed by atoms with van der Waals surface area (Å²) in [5, 5.41) is 9.62. The Hall–Kier alpha value is -0.0800. The number of aliphatic hydroxyl groups excluding tert-OH is 1. The highest BCUT2D eigenvalue weighted by Gasteiger charge is 2.41. The molecule has 3 atom stereocenters. The molecule has 1 aliphatic rings. The van der Waals surface area contributed by atoms with Crippen molar-refractivity contribution in [3.63, 3.8) is 0 Å². The summed E-state index contributed by atoms with van der Waals surface area (Å²) in [6.45, 7) is 6.15. The van der Waals surface area contributed by atoms with E-state index in [1.165, 1.54) is 0 Å². The van der Waals surface area contributed by atoms with E-state index in [0.717, 1.165) is 19.3 Å². The predicted molar refractivity (Wildman–Crippen MR) is 44.5 cm³/mol. The third-order valence-electron chi connectivity index (χ3n) is 2.78. The number of hydrogen-bond donors (Lipinski definition) is 1. The van der Waals surface area contributed by atoms with Crippen LogP contribution < -0.4 is 0 Å². The van der Waals surface area contributed by atoms with E-state index in [-0.39, 0.29) is 17.8 Å². The number of rotatable bonds is 2. The van der Waals surface area contributed by atoms with E-state index < -0.39 is 0 Å². The van der Waals surface area contributed by atoms with E-state index >= 15 is 0 Å². The average molecular weight is 158 g/mol. The molecule has 2 nitrogen and oxygen atoms in total. The molecule has 0 spiro atoms. The van der Waals surface area contributed by atoms with Gasteiger partial charge in [-0.2, -0.15) is 0 Å². The fraction of sp³-hybridized carbons (Fsp3) is 1.00. The Labute approximate surface area is 68.6 Å². The lowest BCUT2D eigenvalue weighted by molar-refractivity contribution is -0.0720. The van der Waals surface area contributed by atoms with Gasteiger partial charge < -0.3 is 9.84 Å². The van der Waals surface area contributed by atoms with Gasteiger partial charge in [-0.3, -0.25) is 0 Å². The monoisotopic (exact) mass is 158 g/mol. The summed E-state index contributed by atoms with van der Waals surface area (Å²) < 4.78 is 5.71. The van der Waals surface area contributed by atoms with E-state index in [2.05, 4.69) is 13.8 Å². The van der Waals surface area contributed by atoms with E-state index in [0.29, 0.717) is 0 Å². The highest BCUT2D eigenvalue weighted by atomic mass is 16.5. The number of ether oxygens (including phenoxy) is 1. The second-order valence-electron chi connectivity index (χ2n) is 3.57. The van der Waals surface area contributed by atoms with Crippen LogP contribution in [0.25, 0.3) is 0 Å². The average Bonchev–Trinajstić information content (AvgIpc) is 2.29. The molecule has 1 aliphatic heterocycles. The molecule has 0 aromatic heterocycles. The van der Waals surface area contributed by atoms with Crippen molar-refractivity contribution in [3.05, 3.63) is 0 Å². The van der Waals surface area contributed by atoms with Crippen molar-refractivity contribution >= 4 is 0 Å². The normalized spacial score (nSPS) is 44.7. The van der Waals surface area contributed by atoms with Crippen LogP contribution in [0, 0.1) is 0 Å². The zero-order chi connectivity index (χ0) is 8.48. The number of aliphatic hydroxyl groups is 1. The van der Waals surface area contributed by atoms with Gasteiger partial charge in [0.2, 0.25) is 0 Å². The molecule has 0 saturated carbocycles. The van der Waals surface area contributed by atoms with Crippen molar-refractivity contribution in [2.45, 2.75) is 57.8 Å². The lowest BCUT2D eigenvalue weighted by Gasteiger charge is -2.25. The summed E-state index contributed by atoms with van der Waals surface area (Å²) in [5.41, 5.74) is -0.277. The summed E-state index contributed by atoms with van der Waals surface area (Å²) in [5.74, 6) is 0. The lowest BCUT2D eigenvalue weighted by atomic mass is 9.96. The van der Waals surface area contributed by atoms with Crippen molar-refractivity contribution < 1.29 is 9.84 Å². The molecule has 0 amide bonds. The molecule has 1 heterocycles. The molecule has 1 fully saturated rings. The van der Waals surface area contributed by atoms with Crippen LogP contribution in [-0.2, 0) is 4.74 Å². The summed E-state index contributed by atoms with van der Waals surface area (Å²) in [6.07, 6.45) is 2.71. The maximum atomic E-state index is 9.62. The molecule has 1 rings (SSSR count). The lowest BCUT2D eigenvalue weighted by Crippen LogP contribution is -2.34. The van der Waals surface area contributed by atoms with Crippen LogP contribution in [0.2, 0.25) is 0 Å². The van der Waals surface area contributed by atoms with Gasteiger partial charge in [-0.05, 0) is 19.8 Å². The molecule has 66 valence electrons. The highest BCUT2D eigenvalue weighted by molar-refractivity contribution is 4.91.